The van der Waals surface area contributed by atoms with Gasteiger partial charge >= 0.3 is 6.18 Å². The van der Waals surface area contributed by atoms with E-state index in [4.69, 9.17) is 0 Å². The van der Waals surface area contributed by atoms with Gasteiger partial charge in [0.25, 0.3) is 5.56 Å². The summed E-state index contributed by atoms with van der Waals surface area (Å²) in [7, 11) is 0. The molecule has 126 valence electrons. The first-order valence-corrected chi connectivity index (χ1v) is 7.31. The molecule has 2 heterocycles. The lowest BCUT2D eigenvalue weighted by molar-refractivity contribution is -0.137. The Kier molecular flexibility index (Phi) is 3.70. The molecule has 0 unspecified atom stereocenters. The number of H-pyrrole nitrogens is 1. The molecule has 0 spiro atoms. The number of hydrogen-bond acceptors (Lipinski definition) is 3. The molecule has 1 atom stereocenters. The third-order valence-electron chi connectivity index (χ3n) is 3.94. The molecule has 3 rings (SSSR count). The second-order valence-electron chi connectivity index (χ2n) is 5.68. The maximum absolute atomic E-state index is 12.7. The van der Waals surface area contributed by atoms with Gasteiger partial charge < -0.3 is 4.98 Å². The Balaban J connectivity index is 2.09. The minimum Gasteiger partial charge on any atom is -0.310 e. The first-order chi connectivity index (χ1) is 11.2. The fourth-order valence-corrected chi connectivity index (χ4v) is 2.68. The smallest absolute Gasteiger partial charge is 0.310 e. The van der Waals surface area contributed by atoms with Crippen LogP contribution in [-0.4, -0.2) is 19.7 Å². The molecule has 0 fully saturated rings. The zero-order chi connectivity index (χ0) is 17.6. The van der Waals surface area contributed by atoms with Crippen LogP contribution in [0.2, 0.25) is 0 Å². The lowest BCUT2D eigenvalue weighted by Gasteiger charge is -2.15. The lowest BCUT2D eigenvalue weighted by Crippen LogP contribution is -2.13. The minimum atomic E-state index is -4.37. The second kappa shape index (κ2) is 5.47. The summed E-state index contributed by atoms with van der Waals surface area (Å²) in [6.07, 6.45) is -4.37. The van der Waals surface area contributed by atoms with Gasteiger partial charge in [-0.3, -0.25) is 4.79 Å². The van der Waals surface area contributed by atoms with Crippen LogP contribution in [0.3, 0.4) is 0 Å². The van der Waals surface area contributed by atoms with E-state index in [1.54, 1.807) is 25.5 Å². The zero-order valence-electron chi connectivity index (χ0n) is 13.3. The monoisotopic (exact) mass is 336 g/mol. The number of aromatic nitrogens is 4. The number of benzene rings is 1. The molecule has 0 amide bonds. The molecule has 0 radical (unpaired) electrons. The molecule has 8 heteroatoms. The van der Waals surface area contributed by atoms with Crippen molar-refractivity contribution in [3.63, 3.8) is 0 Å². The van der Waals surface area contributed by atoms with E-state index in [1.165, 1.54) is 12.1 Å². The highest BCUT2D eigenvalue weighted by Crippen LogP contribution is 2.30. The van der Waals surface area contributed by atoms with E-state index < -0.39 is 11.7 Å². The van der Waals surface area contributed by atoms with Crippen LogP contribution in [0.1, 0.15) is 35.6 Å². The Labute approximate surface area is 135 Å². The average molecular weight is 336 g/mol. The van der Waals surface area contributed by atoms with Gasteiger partial charge in [-0.1, -0.05) is 12.1 Å². The van der Waals surface area contributed by atoms with Crippen molar-refractivity contribution in [3.8, 4) is 0 Å². The standard InChI is InChI=1S/C16H15F3N4O/c1-8-13-14(20-10(3)21-15(13)24)23(22-8)9(2)11-4-6-12(7-5-11)16(17,18)19/h4-7,9H,1-3H3,(H,20,21,24)/t9-/m1/s1. The second-order valence-corrected chi connectivity index (χ2v) is 5.68. The van der Waals surface area contributed by atoms with Crippen LogP contribution in [0.5, 0.6) is 0 Å². The average Bonchev–Trinajstić information content (AvgIpc) is 2.82. The predicted octanol–water partition coefficient (Wildman–Crippen LogP) is 3.36. The van der Waals surface area contributed by atoms with Crippen molar-refractivity contribution in [2.45, 2.75) is 33.0 Å². The topological polar surface area (TPSA) is 63.6 Å². The number of aromatic amines is 1. The highest BCUT2D eigenvalue weighted by Gasteiger charge is 2.30. The quantitative estimate of drug-likeness (QED) is 0.780. The van der Waals surface area contributed by atoms with Crippen molar-refractivity contribution in [3.05, 3.63) is 57.3 Å². The molecule has 0 bridgehead atoms. The summed E-state index contributed by atoms with van der Waals surface area (Å²) in [5.74, 6) is 0.452. The third kappa shape index (κ3) is 2.68. The molecule has 1 N–H and O–H groups in total. The van der Waals surface area contributed by atoms with Crippen LogP contribution in [0.25, 0.3) is 11.0 Å². The summed E-state index contributed by atoms with van der Waals surface area (Å²) in [6.45, 7) is 5.16. The van der Waals surface area contributed by atoms with Gasteiger partial charge in [-0.05, 0) is 38.5 Å². The van der Waals surface area contributed by atoms with Crippen molar-refractivity contribution in [2.24, 2.45) is 0 Å². The number of nitrogens with one attached hydrogen (secondary N) is 1. The normalized spacial score (nSPS) is 13.4. The van der Waals surface area contributed by atoms with Gasteiger partial charge in [-0.15, -0.1) is 0 Å². The van der Waals surface area contributed by atoms with Crippen molar-refractivity contribution in [1.82, 2.24) is 19.7 Å². The number of aryl methyl sites for hydroxylation is 2. The molecule has 0 saturated carbocycles. The van der Waals surface area contributed by atoms with Gasteiger partial charge in [0.05, 0.1) is 17.3 Å². The van der Waals surface area contributed by atoms with Gasteiger partial charge in [-0.25, -0.2) is 9.67 Å². The summed E-state index contributed by atoms with van der Waals surface area (Å²) in [4.78, 5) is 19.0. The molecule has 3 aromatic rings. The molecule has 24 heavy (non-hydrogen) atoms. The van der Waals surface area contributed by atoms with E-state index in [0.717, 1.165) is 12.1 Å². The Bertz CT molecular complexity index is 954. The van der Waals surface area contributed by atoms with Crippen LogP contribution < -0.4 is 5.56 Å². The van der Waals surface area contributed by atoms with Crippen LogP contribution in [0.15, 0.2) is 29.1 Å². The van der Waals surface area contributed by atoms with E-state index in [-0.39, 0.29) is 11.6 Å². The predicted molar refractivity (Wildman–Crippen MR) is 82.9 cm³/mol. The molecule has 5 nitrogen and oxygen atoms in total. The largest absolute Gasteiger partial charge is 0.416 e. The molecule has 0 aliphatic rings. The Hall–Kier alpha value is -2.64. The Morgan fingerprint density at radius 3 is 2.38 bits per heavy atom. The maximum atomic E-state index is 12.7. The van der Waals surface area contributed by atoms with Gasteiger partial charge in [0.1, 0.15) is 11.2 Å². The summed E-state index contributed by atoms with van der Waals surface area (Å²) < 4.78 is 39.6. The molecule has 0 saturated heterocycles. The number of hydrogen-bond donors (Lipinski definition) is 1. The summed E-state index contributed by atoms with van der Waals surface area (Å²) in [5.41, 5.74) is 0.608. The summed E-state index contributed by atoms with van der Waals surface area (Å²) >= 11 is 0. The highest BCUT2D eigenvalue weighted by molar-refractivity contribution is 5.77. The van der Waals surface area contributed by atoms with E-state index in [1.807, 2.05) is 0 Å². The van der Waals surface area contributed by atoms with Crippen molar-refractivity contribution < 1.29 is 13.2 Å². The van der Waals surface area contributed by atoms with Crippen molar-refractivity contribution in [2.75, 3.05) is 0 Å². The van der Waals surface area contributed by atoms with Crippen LogP contribution >= 0.6 is 0 Å². The van der Waals surface area contributed by atoms with Gasteiger partial charge in [0.15, 0.2) is 5.65 Å². The summed E-state index contributed by atoms with van der Waals surface area (Å²) in [5, 5.41) is 4.74. The number of nitrogens with zero attached hydrogens (tertiary/aromatic N) is 3. The van der Waals surface area contributed by atoms with Gasteiger partial charge in [-0.2, -0.15) is 18.3 Å². The molecular weight excluding hydrogens is 321 g/mol. The van der Waals surface area contributed by atoms with Gasteiger partial charge in [0, 0.05) is 0 Å². The lowest BCUT2D eigenvalue weighted by atomic mass is 10.1. The highest BCUT2D eigenvalue weighted by atomic mass is 19.4. The van der Waals surface area contributed by atoms with E-state index >= 15 is 0 Å². The van der Waals surface area contributed by atoms with Crippen molar-refractivity contribution in [1.29, 1.82) is 0 Å². The SMILES string of the molecule is Cc1nc2c(c(C)nn2[C@H](C)c2ccc(C(F)(F)F)cc2)c(=O)[nH]1. The van der Waals surface area contributed by atoms with Crippen LogP contribution in [-0.2, 0) is 6.18 Å². The third-order valence-corrected chi connectivity index (χ3v) is 3.94. The Morgan fingerprint density at radius 1 is 1.17 bits per heavy atom. The van der Waals surface area contributed by atoms with Crippen LogP contribution in [0.4, 0.5) is 13.2 Å². The fraction of sp³-hybridized carbons (Fsp3) is 0.312. The maximum Gasteiger partial charge on any atom is 0.416 e. The first-order valence-electron chi connectivity index (χ1n) is 7.31. The number of fused-ring (bicyclic) bond motifs is 1. The fourth-order valence-electron chi connectivity index (χ4n) is 2.68. The Morgan fingerprint density at radius 2 is 1.79 bits per heavy atom. The van der Waals surface area contributed by atoms with E-state index in [9.17, 15) is 18.0 Å². The molecule has 0 aliphatic carbocycles. The summed E-state index contributed by atoms with van der Waals surface area (Å²) in [6, 6.07) is 4.54. The van der Waals surface area contributed by atoms with Gasteiger partial charge in [0.2, 0.25) is 0 Å². The zero-order valence-corrected chi connectivity index (χ0v) is 13.3. The van der Waals surface area contributed by atoms with E-state index in [0.29, 0.717) is 28.1 Å². The first kappa shape index (κ1) is 16.2. The van der Waals surface area contributed by atoms with Crippen molar-refractivity contribution >= 4 is 11.0 Å². The molecular formula is C16H15F3N4O. The number of rotatable bonds is 2. The molecule has 1 aromatic carbocycles. The van der Waals surface area contributed by atoms with Crippen LogP contribution in [0, 0.1) is 13.8 Å². The number of alkyl halides is 3. The minimum absolute atomic E-state index is 0.277. The number of halogens is 3. The van der Waals surface area contributed by atoms with E-state index in [2.05, 4.69) is 15.1 Å². The molecule has 0 aliphatic heterocycles. The molecule has 2 aromatic heterocycles.